The van der Waals surface area contributed by atoms with Crippen LogP contribution in [0.2, 0.25) is 0 Å². The van der Waals surface area contributed by atoms with E-state index in [1.54, 1.807) is 42.9 Å². The van der Waals surface area contributed by atoms with Gasteiger partial charge in [-0.15, -0.1) is 0 Å². The number of carbonyl (C=O) groups is 1. The van der Waals surface area contributed by atoms with E-state index in [1.807, 2.05) is 32.0 Å². The molecule has 0 radical (unpaired) electrons. The third-order valence-corrected chi connectivity index (χ3v) is 4.91. The second kappa shape index (κ2) is 7.76. The Kier molecular flexibility index (Phi) is 5.40. The quantitative estimate of drug-likeness (QED) is 0.730. The Labute approximate surface area is 163 Å². The number of ether oxygens (including phenoxy) is 2. The summed E-state index contributed by atoms with van der Waals surface area (Å²) in [5.74, 6) is 0.801. The van der Waals surface area contributed by atoms with Crippen LogP contribution in [0.5, 0.6) is 11.5 Å². The molecule has 0 aliphatic carbocycles. The van der Waals surface area contributed by atoms with E-state index in [2.05, 4.69) is 5.32 Å². The van der Waals surface area contributed by atoms with Crippen molar-refractivity contribution < 1.29 is 14.3 Å². The Bertz CT molecular complexity index is 1100. The number of hydrogen-bond acceptors (Lipinski definition) is 4. The van der Waals surface area contributed by atoms with Gasteiger partial charge < -0.3 is 14.8 Å². The maximum atomic E-state index is 13.0. The third kappa shape index (κ3) is 3.45. The van der Waals surface area contributed by atoms with Crippen LogP contribution in [-0.2, 0) is 4.79 Å². The molecule has 1 heterocycles. The minimum absolute atomic E-state index is 0.205. The van der Waals surface area contributed by atoms with Crippen LogP contribution in [-0.4, -0.2) is 24.7 Å². The highest BCUT2D eigenvalue weighted by Crippen LogP contribution is 2.30. The van der Waals surface area contributed by atoms with Gasteiger partial charge in [0, 0.05) is 17.5 Å². The number of nitrogens with one attached hydrogen (secondary N) is 1. The normalized spacial score (nSPS) is 11.9. The van der Waals surface area contributed by atoms with Gasteiger partial charge in [0.1, 0.15) is 17.5 Å². The number of hydrogen-bond donors (Lipinski definition) is 1. The van der Waals surface area contributed by atoms with Crippen molar-refractivity contribution in [1.29, 1.82) is 0 Å². The van der Waals surface area contributed by atoms with Gasteiger partial charge in [-0.05, 0) is 44.0 Å². The van der Waals surface area contributed by atoms with Crippen molar-refractivity contribution in [3.8, 4) is 11.5 Å². The van der Waals surface area contributed by atoms with Crippen LogP contribution >= 0.6 is 0 Å². The molecule has 0 bridgehead atoms. The second-order valence-electron chi connectivity index (χ2n) is 6.74. The largest absolute Gasteiger partial charge is 0.497 e. The van der Waals surface area contributed by atoms with E-state index in [0.717, 1.165) is 22.0 Å². The average molecular weight is 380 g/mol. The fourth-order valence-electron chi connectivity index (χ4n) is 3.38. The molecular weight excluding hydrogens is 356 g/mol. The van der Waals surface area contributed by atoms with Crippen LogP contribution in [0.15, 0.2) is 47.3 Å². The fourth-order valence-corrected chi connectivity index (χ4v) is 3.38. The molecule has 1 unspecified atom stereocenters. The predicted molar refractivity (Wildman–Crippen MR) is 111 cm³/mol. The van der Waals surface area contributed by atoms with Crippen LogP contribution in [0, 0.1) is 13.8 Å². The highest BCUT2D eigenvalue weighted by atomic mass is 16.5. The summed E-state index contributed by atoms with van der Waals surface area (Å²) in [7, 11) is 3.08. The first-order valence-electron chi connectivity index (χ1n) is 9.01. The van der Waals surface area contributed by atoms with Crippen molar-refractivity contribution in [3.63, 3.8) is 0 Å². The van der Waals surface area contributed by atoms with Gasteiger partial charge >= 0.3 is 0 Å². The summed E-state index contributed by atoms with van der Waals surface area (Å²) in [6, 6.07) is 11.9. The number of rotatable bonds is 5. The first-order chi connectivity index (χ1) is 13.4. The van der Waals surface area contributed by atoms with Gasteiger partial charge in [0.2, 0.25) is 5.91 Å². The molecule has 28 heavy (non-hydrogen) atoms. The molecule has 0 aliphatic heterocycles. The Morgan fingerprint density at radius 3 is 2.46 bits per heavy atom. The topological polar surface area (TPSA) is 69.6 Å². The number of para-hydroxylation sites is 1. The minimum atomic E-state index is -0.705. The Balaban J connectivity index is 2.03. The van der Waals surface area contributed by atoms with Crippen molar-refractivity contribution in [1.82, 2.24) is 4.57 Å². The zero-order chi connectivity index (χ0) is 20.4. The van der Waals surface area contributed by atoms with Crippen LogP contribution in [0.4, 0.5) is 5.69 Å². The lowest BCUT2D eigenvalue weighted by atomic mass is 10.1. The number of benzene rings is 2. The number of methoxy groups -OCH3 is 2. The van der Waals surface area contributed by atoms with E-state index in [0.29, 0.717) is 17.2 Å². The smallest absolute Gasteiger partial charge is 0.252 e. The number of aryl methyl sites for hydroxylation is 2. The monoisotopic (exact) mass is 380 g/mol. The number of fused-ring (bicyclic) bond motifs is 1. The van der Waals surface area contributed by atoms with Crippen LogP contribution in [0.3, 0.4) is 0 Å². The molecule has 3 rings (SSSR count). The number of carbonyl (C=O) groups excluding carboxylic acids is 1. The molecule has 1 aromatic heterocycles. The highest BCUT2D eigenvalue weighted by molar-refractivity contribution is 5.96. The first kappa shape index (κ1) is 19.5. The standard InChI is InChI=1S/C22H24N2O4/c1-13-7-6-8-17-14(2)11-20(25)24(21(13)17)15(3)22(26)23-18-10-9-16(27-4)12-19(18)28-5/h6-12,15H,1-5H3,(H,23,26). The second-order valence-corrected chi connectivity index (χ2v) is 6.74. The SMILES string of the molecule is COc1ccc(NC(=O)C(C)n2c(=O)cc(C)c3cccc(C)c32)c(OC)c1. The van der Waals surface area contributed by atoms with Crippen molar-refractivity contribution in [3.05, 3.63) is 63.9 Å². The molecule has 0 saturated heterocycles. The molecule has 0 fully saturated rings. The summed E-state index contributed by atoms with van der Waals surface area (Å²) in [6.45, 7) is 5.56. The summed E-state index contributed by atoms with van der Waals surface area (Å²) in [5, 5.41) is 3.82. The van der Waals surface area contributed by atoms with E-state index in [4.69, 9.17) is 9.47 Å². The van der Waals surface area contributed by atoms with Crippen LogP contribution in [0.1, 0.15) is 24.1 Å². The zero-order valence-corrected chi connectivity index (χ0v) is 16.7. The molecule has 3 aromatic rings. The molecule has 0 saturated carbocycles. The van der Waals surface area contributed by atoms with Crippen molar-refractivity contribution >= 4 is 22.5 Å². The molecule has 1 amide bonds. The van der Waals surface area contributed by atoms with Gasteiger partial charge in [0.05, 0.1) is 25.4 Å². The van der Waals surface area contributed by atoms with Gasteiger partial charge in [-0.1, -0.05) is 18.2 Å². The Morgan fingerprint density at radius 1 is 1.04 bits per heavy atom. The average Bonchev–Trinajstić information content (AvgIpc) is 2.68. The number of pyridine rings is 1. The molecule has 2 aromatic carbocycles. The highest BCUT2D eigenvalue weighted by Gasteiger charge is 2.21. The van der Waals surface area contributed by atoms with Gasteiger partial charge in [0.15, 0.2) is 0 Å². The van der Waals surface area contributed by atoms with E-state index in [-0.39, 0.29) is 11.5 Å². The summed E-state index contributed by atoms with van der Waals surface area (Å²) >= 11 is 0. The summed E-state index contributed by atoms with van der Waals surface area (Å²) in [6.07, 6.45) is 0. The molecule has 0 spiro atoms. The minimum Gasteiger partial charge on any atom is -0.497 e. The number of aromatic nitrogens is 1. The predicted octanol–water partition coefficient (Wildman–Crippen LogP) is 3.84. The van der Waals surface area contributed by atoms with Crippen molar-refractivity contribution in [2.75, 3.05) is 19.5 Å². The molecule has 1 atom stereocenters. The van der Waals surface area contributed by atoms with Crippen LogP contribution in [0.25, 0.3) is 10.9 Å². The Morgan fingerprint density at radius 2 is 1.79 bits per heavy atom. The van der Waals surface area contributed by atoms with E-state index >= 15 is 0 Å². The molecule has 6 heteroatoms. The molecule has 6 nitrogen and oxygen atoms in total. The lowest BCUT2D eigenvalue weighted by Crippen LogP contribution is -2.32. The summed E-state index contributed by atoms with van der Waals surface area (Å²) in [4.78, 5) is 25.7. The van der Waals surface area contributed by atoms with Gasteiger partial charge in [-0.25, -0.2) is 0 Å². The van der Waals surface area contributed by atoms with Crippen molar-refractivity contribution in [2.45, 2.75) is 26.8 Å². The molecule has 0 aliphatic rings. The summed E-state index contributed by atoms with van der Waals surface area (Å²) in [5.41, 5.74) is 2.92. The van der Waals surface area contributed by atoms with Crippen LogP contribution < -0.4 is 20.3 Å². The summed E-state index contributed by atoms with van der Waals surface area (Å²) < 4.78 is 12.1. The van der Waals surface area contributed by atoms with Gasteiger partial charge in [-0.3, -0.25) is 14.2 Å². The van der Waals surface area contributed by atoms with E-state index < -0.39 is 6.04 Å². The van der Waals surface area contributed by atoms with Crippen molar-refractivity contribution in [2.24, 2.45) is 0 Å². The maximum absolute atomic E-state index is 13.0. The molecule has 146 valence electrons. The molecule has 1 N–H and O–H groups in total. The number of nitrogens with zero attached hydrogens (tertiary/aromatic N) is 1. The Hall–Kier alpha value is -3.28. The maximum Gasteiger partial charge on any atom is 0.252 e. The fraction of sp³-hybridized carbons (Fsp3) is 0.273. The lowest BCUT2D eigenvalue weighted by molar-refractivity contribution is -0.118. The number of amides is 1. The van der Waals surface area contributed by atoms with E-state index in [9.17, 15) is 9.59 Å². The lowest BCUT2D eigenvalue weighted by Gasteiger charge is -2.20. The van der Waals surface area contributed by atoms with Gasteiger partial charge in [0.25, 0.3) is 5.56 Å². The van der Waals surface area contributed by atoms with E-state index in [1.165, 1.54) is 7.11 Å². The first-order valence-corrected chi connectivity index (χ1v) is 9.01. The third-order valence-electron chi connectivity index (χ3n) is 4.91. The van der Waals surface area contributed by atoms with Gasteiger partial charge in [-0.2, -0.15) is 0 Å². The number of anilines is 1. The zero-order valence-electron chi connectivity index (χ0n) is 16.7. The molecular formula is C22H24N2O4.